The normalized spacial score (nSPS) is 12.7. The van der Waals surface area contributed by atoms with Crippen LogP contribution in [-0.2, 0) is 6.42 Å². The lowest BCUT2D eigenvalue weighted by atomic mass is 10.1. The number of pyridine rings is 1. The Kier molecular flexibility index (Phi) is 4.57. The first kappa shape index (κ1) is 17.1. The molecule has 2 N–H and O–H groups in total. The van der Waals surface area contributed by atoms with Crippen LogP contribution < -0.4 is 10.3 Å². The highest BCUT2D eigenvalue weighted by Crippen LogP contribution is 2.28. The van der Waals surface area contributed by atoms with Gasteiger partial charge < -0.3 is 9.72 Å². The van der Waals surface area contributed by atoms with E-state index in [0.29, 0.717) is 40.6 Å². The van der Waals surface area contributed by atoms with Crippen molar-refractivity contribution in [2.24, 2.45) is 5.92 Å². The molecule has 0 aliphatic heterocycles. The maximum Gasteiger partial charge on any atom is 0.279 e. The number of hydrogen-bond acceptors (Lipinski definition) is 5. The quantitative estimate of drug-likeness (QED) is 0.743. The van der Waals surface area contributed by atoms with Crippen LogP contribution in [0.5, 0.6) is 5.88 Å². The van der Waals surface area contributed by atoms with E-state index < -0.39 is 0 Å². The van der Waals surface area contributed by atoms with Gasteiger partial charge in [-0.15, -0.1) is 0 Å². The molecule has 0 saturated heterocycles. The van der Waals surface area contributed by atoms with Gasteiger partial charge >= 0.3 is 0 Å². The summed E-state index contributed by atoms with van der Waals surface area (Å²) < 4.78 is 6.01. The van der Waals surface area contributed by atoms with Crippen LogP contribution in [0.3, 0.4) is 0 Å². The molecule has 3 heterocycles. The lowest BCUT2D eigenvalue weighted by Gasteiger charge is -2.19. The first-order chi connectivity index (χ1) is 11.9. The number of nitrogens with zero attached hydrogens (tertiary/aromatic N) is 3. The second kappa shape index (κ2) is 6.66. The van der Waals surface area contributed by atoms with E-state index in [-0.39, 0.29) is 11.7 Å². The maximum absolute atomic E-state index is 12.4. The Morgan fingerprint density at radius 3 is 2.68 bits per heavy atom. The summed E-state index contributed by atoms with van der Waals surface area (Å²) in [6, 6.07) is 1.92. The highest BCUT2D eigenvalue weighted by Gasteiger charge is 2.18. The molecule has 25 heavy (non-hydrogen) atoms. The van der Waals surface area contributed by atoms with E-state index in [2.05, 4.69) is 39.0 Å². The van der Waals surface area contributed by atoms with Crippen LogP contribution in [-0.4, -0.2) is 31.3 Å². The lowest BCUT2D eigenvalue weighted by Crippen LogP contribution is -2.20. The first-order valence-electron chi connectivity index (χ1n) is 8.51. The van der Waals surface area contributed by atoms with E-state index in [1.54, 1.807) is 6.20 Å². The van der Waals surface area contributed by atoms with Gasteiger partial charge in [0.05, 0.1) is 17.4 Å². The molecule has 1 atom stereocenters. The van der Waals surface area contributed by atoms with E-state index in [1.807, 2.05) is 26.8 Å². The van der Waals surface area contributed by atoms with Gasteiger partial charge in [-0.05, 0) is 37.8 Å². The Labute approximate surface area is 145 Å². The Morgan fingerprint density at radius 2 is 2.00 bits per heavy atom. The van der Waals surface area contributed by atoms with Gasteiger partial charge in [-0.1, -0.05) is 20.8 Å². The van der Waals surface area contributed by atoms with Gasteiger partial charge in [-0.3, -0.25) is 9.89 Å². The zero-order valence-corrected chi connectivity index (χ0v) is 15.2. The van der Waals surface area contributed by atoms with Gasteiger partial charge in [0.1, 0.15) is 11.3 Å². The van der Waals surface area contributed by atoms with Crippen LogP contribution in [0.25, 0.3) is 22.4 Å². The van der Waals surface area contributed by atoms with Crippen LogP contribution in [0.15, 0.2) is 17.1 Å². The minimum atomic E-state index is -0.277. The predicted octanol–water partition coefficient (Wildman–Crippen LogP) is 3.00. The van der Waals surface area contributed by atoms with Gasteiger partial charge in [0.2, 0.25) is 5.88 Å². The van der Waals surface area contributed by atoms with Crippen molar-refractivity contribution < 1.29 is 4.74 Å². The standard InChI is InChI=1S/C18H23N5O2/c1-6-13-14-15(23-22-13)17(24)21-16(20-14)12-7-10(4)8-19-18(12)25-11(5)9(2)3/h7-9,11H,6H2,1-5H3,(H,22,23)(H,20,21,24)/t11-/m1/s1. The van der Waals surface area contributed by atoms with Gasteiger partial charge in [0.15, 0.2) is 5.52 Å². The second-order valence-electron chi connectivity index (χ2n) is 6.60. The Hall–Kier alpha value is -2.70. The summed E-state index contributed by atoms with van der Waals surface area (Å²) in [5.41, 5.74) is 3.10. The smallest absolute Gasteiger partial charge is 0.279 e. The zero-order valence-electron chi connectivity index (χ0n) is 15.2. The molecule has 0 saturated carbocycles. The topological polar surface area (TPSA) is 96.6 Å². The summed E-state index contributed by atoms with van der Waals surface area (Å²) in [7, 11) is 0. The number of fused-ring (bicyclic) bond motifs is 1. The van der Waals surface area contributed by atoms with Crippen LogP contribution in [0.2, 0.25) is 0 Å². The molecule has 7 heteroatoms. The van der Waals surface area contributed by atoms with Crippen LogP contribution >= 0.6 is 0 Å². The zero-order chi connectivity index (χ0) is 18.1. The van der Waals surface area contributed by atoms with Crippen LogP contribution in [0.4, 0.5) is 0 Å². The first-order valence-corrected chi connectivity index (χ1v) is 8.51. The fourth-order valence-corrected chi connectivity index (χ4v) is 2.46. The van der Waals surface area contributed by atoms with Crippen molar-refractivity contribution in [1.82, 2.24) is 25.1 Å². The third-order valence-corrected chi connectivity index (χ3v) is 4.32. The highest BCUT2D eigenvalue weighted by atomic mass is 16.5. The molecule has 132 valence electrons. The van der Waals surface area contributed by atoms with E-state index in [0.717, 1.165) is 11.3 Å². The van der Waals surface area contributed by atoms with Crippen molar-refractivity contribution in [3.8, 4) is 17.3 Å². The van der Waals surface area contributed by atoms with Gasteiger partial charge in [0, 0.05) is 6.20 Å². The third-order valence-electron chi connectivity index (χ3n) is 4.32. The molecule has 0 spiro atoms. The predicted molar refractivity (Wildman–Crippen MR) is 96.8 cm³/mol. The number of rotatable bonds is 5. The van der Waals surface area contributed by atoms with Gasteiger partial charge in [0.25, 0.3) is 5.56 Å². The van der Waals surface area contributed by atoms with Crippen molar-refractivity contribution in [3.05, 3.63) is 33.9 Å². The number of H-pyrrole nitrogens is 2. The van der Waals surface area contributed by atoms with Gasteiger partial charge in [-0.25, -0.2) is 9.97 Å². The van der Waals surface area contributed by atoms with Crippen molar-refractivity contribution in [2.45, 2.75) is 47.1 Å². The average Bonchev–Trinajstić information content (AvgIpc) is 2.99. The van der Waals surface area contributed by atoms with Crippen molar-refractivity contribution in [3.63, 3.8) is 0 Å². The molecular formula is C18H23N5O2. The molecule has 7 nitrogen and oxygen atoms in total. The fourth-order valence-electron chi connectivity index (χ4n) is 2.46. The molecule has 3 aromatic heterocycles. The molecule has 0 amide bonds. The minimum Gasteiger partial charge on any atom is -0.474 e. The summed E-state index contributed by atoms with van der Waals surface area (Å²) in [4.78, 5) is 24.2. The van der Waals surface area contributed by atoms with Crippen molar-refractivity contribution in [1.29, 1.82) is 0 Å². The second-order valence-corrected chi connectivity index (χ2v) is 6.60. The summed E-state index contributed by atoms with van der Waals surface area (Å²) >= 11 is 0. The lowest BCUT2D eigenvalue weighted by molar-refractivity contribution is 0.164. The molecule has 3 aromatic rings. The summed E-state index contributed by atoms with van der Waals surface area (Å²) in [5.74, 6) is 1.25. The minimum absolute atomic E-state index is 0.00969. The molecule has 0 radical (unpaired) electrons. The van der Waals surface area contributed by atoms with E-state index in [9.17, 15) is 4.79 Å². The molecule has 3 rings (SSSR count). The van der Waals surface area contributed by atoms with E-state index >= 15 is 0 Å². The molecule has 0 bridgehead atoms. The molecule has 0 aromatic carbocycles. The average molecular weight is 341 g/mol. The SMILES string of the molecule is CCc1[nH]nc2c(=O)[nH]c(-c3cc(C)cnc3O[C@H](C)C(C)C)nc12. The monoisotopic (exact) mass is 341 g/mol. The maximum atomic E-state index is 12.4. The molecular weight excluding hydrogens is 318 g/mol. The summed E-state index contributed by atoms with van der Waals surface area (Å²) in [6.45, 7) is 10.1. The molecule has 0 aliphatic carbocycles. The van der Waals surface area contributed by atoms with Crippen molar-refractivity contribution in [2.75, 3.05) is 0 Å². The van der Waals surface area contributed by atoms with Crippen LogP contribution in [0, 0.1) is 12.8 Å². The Bertz CT molecular complexity index is 958. The van der Waals surface area contributed by atoms with Gasteiger partial charge in [-0.2, -0.15) is 5.10 Å². The van der Waals surface area contributed by atoms with Crippen molar-refractivity contribution >= 4 is 11.0 Å². The molecule has 0 aliphatic rings. The highest BCUT2D eigenvalue weighted by molar-refractivity contribution is 5.78. The number of hydrogen-bond donors (Lipinski definition) is 2. The third kappa shape index (κ3) is 3.26. The van der Waals surface area contributed by atoms with E-state index in [1.165, 1.54) is 0 Å². The summed E-state index contributed by atoms with van der Waals surface area (Å²) in [5, 5.41) is 6.93. The number of aromatic nitrogens is 5. The number of ether oxygens (including phenoxy) is 1. The van der Waals surface area contributed by atoms with Crippen LogP contribution in [0.1, 0.15) is 39.0 Å². The van der Waals surface area contributed by atoms with E-state index in [4.69, 9.17) is 4.74 Å². The molecule has 0 fully saturated rings. The summed E-state index contributed by atoms with van der Waals surface area (Å²) in [6.07, 6.45) is 2.45. The number of nitrogens with one attached hydrogen (secondary N) is 2. The Balaban J connectivity index is 2.17. The molecule has 0 unspecified atom stereocenters. The number of aromatic amines is 2. The fraction of sp³-hybridized carbons (Fsp3) is 0.444. The largest absolute Gasteiger partial charge is 0.474 e. The Morgan fingerprint density at radius 1 is 1.24 bits per heavy atom. The number of aryl methyl sites for hydroxylation is 2.